The zero-order valence-corrected chi connectivity index (χ0v) is 17.9. The van der Waals surface area contributed by atoms with Crippen molar-refractivity contribution in [2.75, 3.05) is 20.3 Å². The van der Waals surface area contributed by atoms with Crippen LogP contribution in [0.25, 0.3) is 0 Å². The number of imide groups is 1. The van der Waals surface area contributed by atoms with Gasteiger partial charge in [-0.1, -0.05) is 30.3 Å². The molecule has 0 aromatic heterocycles. The number of para-hydroxylation sites is 1. The molecule has 2 aromatic rings. The first-order chi connectivity index (χ1) is 15.5. The van der Waals surface area contributed by atoms with Crippen LogP contribution >= 0.6 is 0 Å². The molecule has 2 heterocycles. The Bertz CT molecular complexity index is 1070. The third kappa shape index (κ3) is 3.45. The molecule has 1 saturated heterocycles. The van der Waals surface area contributed by atoms with Gasteiger partial charge in [0, 0.05) is 24.6 Å². The van der Waals surface area contributed by atoms with E-state index in [4.69, 9.17) is 9.47 Å². The van der Waals surface area contributed by atoms with Gasteiger partial charge < -0.3 is 19.7 Å². The number of fused-ring (bicyclic) bond motifs is 2. The number of carbonyl (C=O) groups is 3. The number of ether oxygens (including phenoxy) is 2. The second-order valence-corrected chi connectivity index (χ2v) is 8.42. The molecule has 5 rings (SSSR count). The van der Waals surface area contributed by atoms with E-state index in [0.29, 0.717) is 30.9 Å². The number of hydrogen-bond donors (Lipinski definition) is 1. The summed E-state index contributed by atoms with van der Waals surface area (Å²) in [4.78, 5) is 42.3. The average molecular weight is 435 g/mol. The van der Waals surface area contributed by atoms with Crippen molar-refractivity contribution in [3.8, 4) is 11.5 Å². The standard InChI is InChI=1S/C24H25N3O5/c1-31-18-10-6-16(7-11-18)14-26(17-8-9-17)21(28)15-27-22(29)24(25-23(27)30)12-13-32-20-5-3-2-4-19(20)24/h2-7,10-11,17H,8-9,12-15H2,1H3,(H,25,30). The van der Waals surface area contributed by atoms with Crippen LogP contribution in [0.5, 0.6) is 11.5 Å². The monoisotopic (exact) mass is 435 g/mol. The van der Waals surface area contributed by atoms with Crippen molar-refractivity contribution >= 4 is 17.8 Å². The third-order valence-corrected chi connectivity index (χ3v) is 6.37. The van der Waals surface area contributed by atoms with Gasteiger partial charge in [0.2, 0.25) is 5.91 Å². The smallest absolute Gasteiger partial charge is 0.325 e. The fourth-order valence-corrected chi connectivity index (χ4v) is 4.48. The summed E-state index contributed by atoms with van der Waals surface area (Å²) in [6, 6.07) is 14.4. The summed E-state index contributed by atoms with van der Waals surface area (Å²) in [6.07, 6.45) is 2.19. The van der Waals surface area contributed by atoms with Crippen LogP contribution in [-0.2, 0) is 21.7 Å². The zero-order chi connectivity index (χ0) is 22.3. The summed E-state index contributed by atoms with van der Waals surface area (Å²) in [5.74, 6) is 0.704. The van der Waals surface area contributed by atoms with Crippen LogP contribution in [0.2, 0.25) is 0 Å². The normalized spacial score (nSPS) is 21.7. The first-order valence-corrected chi connectivity index (χ1v) is 10.8. The molecule has 0 radical (unpaired) electrons. The number of nitrogens with one attached hydrogen (secondary N) is 1. The fraction of sp³-hybridized carbons (Fsp3) is 0.375. The second-order valence-electron chi connectivity index (χ2n) is 8.42. The van der Waals surface area contributed by atoms with Gasteiger partial charge in [0.1, 0.15) is 18.0 Å². The van der Waals surface area contributed by atoms with E-state index < -0.39 is 17.5 Å². The summed E-state index contributed by atoms with van der Waals surface area (Å²) in [5.41, 5.74) is 0.432. The van der Waals surface area contributed by atoms with Crippen LogP contribution < -0.4 is 14.8 Å². The maximum atomic E-state index is 13.4. The van der Waals surface area contributed by atoms with Crippen molar-refractivity contribution in [2.45, 2.75) is 37.4 Å². The summed E-state index contributed by atoms with van der Waals surface area (Å²) >= 11 is 0. The molecule has 1 atom stereocenters. The lowest BCUT2D eigenvalue weighted by atomic mass is 9.84. The second kappa shape index (κ2) is 7.85. The highest BCUT2D eigenvalue weighted by Gasteiger charge is 2.55. The Balaban J connectivity index is 1.34. The lowest BCUT2D eigenvalue weighted by Gasteiger charge is -2.33. The molecule has 2 aromatic carbocycles. The quantitative estimate of drug-likeness (QED) is 0.704. The Morgan fingerprint density at radius 1 is 1.19 bits per heavy atom. The molecule has 1 aliphatic carbocycles. The van der Waals surface area contributed by atoms with Gasteiger partial charge in [-0.3, -0.25) is 14.5 Å². The predicted molar refractivity (Wildman–Crippen MR) is 115 cm³/mol. The van der Waals surface area contributed by atoms with Gasteiger partial charge in [-0.2, -0.15) is 0 Å². The van der Waals surface area contributed by atoms with Crippen LogP contribution in [0.3, 0.4) is 0 Å². The lowest BCUT2D eigenvalue weighted by molar-refractivity contribution is -0.140. The largest absolute Gasteiger partial charge is 0.497 e. The van der Waals surface area contributed by atoms with Gasteiger partial charge in [-0.25, -0.2) is 4.79 Å². The molecule has 166 valence electrons. The number of benzene rings is 2. The minimum absolute atomic E-state index is 0.142. The van der Waals surface area contributed by atoms with Crippen molar-refractivity contribution in [3.05, 3.63) is 59.7 Å². The van der Waals surface area contributed by atoms with E-state index in [2.05, 4.69) is 5.32 Å². The minimum atomic E-state index is -1.17. The van der Waals surface area contributed by atoms with E-state index in [9.17, 15) is 14.4 Å². The SMILES string of the molecule is COc1ccc(CN(C(=O)CN2C(=O)NC3(CCOc4ccccc43)C2=O)C2CC2)cc1. The first kappa shape index (κ1) is 20.4. The predicted octanol–water partition coefficient (Wildman–Crippen LogP) is 2.42. The summed E-state index contributed by atoms with van der Waals surface area (Å²) in [5, 5.41) is 2.85. The Morgan fingerprint density at radius 2 is 1.94 bits per heavy atom. The minimum Gasteiger partial charge on any atom is -0.497 e. The number of carbonyl (C=O) groups excluding carboxylic acids is 3. The molecular formula is C24H25N3O5. The third-order valence-electron chi connectivity index (χ3n) is 6.37. The Morgan fingerprint density at radius 3 is 2.66 bits per heavy atom. The van der Waals surface area contributed by atoms with Crippen LogP contribution in [0.15, 0.2) is 48.5 Å². The van der Waals surface area contributed by atoms with Gasteiger partial charge >= 0.3 is 6.03 Å². The van der Waals surface area contributed by atoms with Gasteiger partial charge in [0.25, 0.3) is 5.91 Å². The van der Waals surface area contributed by atoms with E-state index in [1.54, 1.807) is 24.1 Å². The number of amides is 4. The molecular weight excluding hydrogens is 410 g/mol. The van der Waals surface area contributed by atoms with E-state index in [-0.39, 0.29) is 18.5 Å². The molecule has 1 N–H and O–H groups in total. The molecule has 0 bridgehead atoms. The van der Waals surface area contributed by atoms with Crippen molar-refractivity contribution in [1.82, 2.24) is 15.1 Å². The van der Waals surface area contributed by atoms with Gasteiger partial charge in [0.15, 0.2) is 5.54 Å². The molecule has 4 amide bonds. The summed E-state index contributed by atoms with van der Waals surface area (Å²) in [7, 11) is 1.61. The highest BCUT2D eigenvalue weighted by atomic mass is 16.5. The Labute approximate surface area is 186 Å². The molecule has 3 aliphatic rings. The number of hydrogen-bond acceptors (Lipinski definition) is 5. The molecule has 1 saturated carbocycles. The first-order valence-electron chi connectivity index (χ1n) is 10.8. The van der Waals surface area contributed by atoms with Crippen LogP contribution in [0.4, 0.5) is 4.79 Å². The maximum absolute atomic E-state index is 13.4. The fourth-order valence-electron chi connectivity index (χ4n) is 4.48. The number of rotatable bonds is 6. The maximum Gasteiger partial charge on any atom is 0.325 e. The van der Waals surface area contributed by atoms with E-state index in [0.717, 1.165) is 29.1 Å². The highest BCUT2D eigenvalue weighted by Crippen LogP contribution is 2.41. The highest BCUT2D eigenvalue weighted by molar-refractivity contribution is 6.09. The molecule has 1 spiro atoms. The number of nitrogens with zero attached hydrogens (tertiary/aromatic N) is 2. The van der Waals surface area contributed by atoms with E-state index in [1.165, 1.54) is 0 Å². The molecule has 32 heavy (non-hydrogen) atoms. The molecule has 2 aliphatic heterocycles. The van der Waals surface area contributed by atoms with E-state index in [1.807, 2.05) is 36.4 Å². The number of methoxy groups -OCH3 is 1. The van der Waals surface area contributed by atoms with Crippen LogP contribution in [-0.4, -0.2) is 53.9 Å². The van der Waals surface area contributed by atoms with Crippen LogP contribution in [0, 0.1) is 0 Å². The van der Waals surface area contributed by atoms with Crippen LogP contribution in [0.1, 0.15) is 30.4 Å². The molecule has 2 fully saturated rings. The topological polar surface area (TPSA) is 88.2 Å². The zero-order valence-electron chi connectivity index (χ0n) is 17.9. The summed E-state index contributed by atoms with van der Waals surface area (Å²) < 4.78 is 10.9. The summed E-state index contributed by atoms with van der Waals surface area (Å²) in [6.45, 7) is 0.470. The van der Waals surface area contributed by atoms with Gasteiger partial charge in [-0.05, 0) is 36.6 Å². The molecule has 1 unspecified atom stereocenters. The number of urea groups is 1. The van der Waals surface area contributed by atoms with Crippen molar-refractivity contribution in [2.24, 2.45) is 0 Å². The molecule has 8 nitrogen and oxygen atoms in total. The van der Waals surface area contributed by atoms with E-state index >= 15 is 0 Å². The average Bonchev–Trinajstić information content (AvgIpc) is 3.63. The van der Waals surface area contributed by atoms with Crippen molar-refractivity contribution in [1.29, 1.82) is 0 Å². The van der Waals surface area contributed by atoms with Gasteiger partial charge in [-0.15, -0.1) is 0 Å². The Kier molecular flexibility index (Phi) is 5.00. The van der Waals surface area contributed by atoms with Crippen molar-refractivity contribution < 1.29 is 23.9 Å². The van der Waals surface area contributed by atoms with Gasteiger partial charge in [0.05, 0.1) is 13.7 Å². The van der Waals surface area contributed by atoms with Crippen molar-refractivity contribution in [3.63, 3.8) is 0 Å². The Hall–Kier alpha value is -3.55. The lowest BCUT2D eigenvalue weighted by Crippen LogP contribution is -2.48. The molecule has 8 heteroatoms.